The molecule has 1 aliphatic heterocycles. The van der Waals surface area contributed by atoms with Gasteiger partial charge in [0.2, 0.25) is 0 Å². The second-order valence-corrected chi connectivity index (χ2v) is 13.5. The number of aliphatic hydroxyl groups excluding tert-OH is 1. The van der Waals surface area contributed by atoms with E-state index in [1.54, 1.807) is 0 Å². The number of nitrogens with zero attached hydrogens (tertiary/aromatic N) is 3. The fourth-order valence-corrected chi connectivity index (χ4v) is 5.51. The molecule has 0 saturated carbocycles. The molecule has 6 nitrogen and oxygen atoms in total. The Balaban J connectivity index is 0.000000316. The Kier molecular flexibility index (Phi) is 20.6. The highest BCUT2D eigenvalue weighted by molar-refractivity contribution is 7.19. The number of aryl methyl sites for hydroxylation is 2. The monoisotopic (exact) mass is 625 g/mol. The zero-order valence-corrected chi connectivity index (χ0v) is 29.6. The van der Waals surface area contributed by atoms with Gasteiger partial charge < -0.3 is 10.0 Å². The summed E-state index contributed by atoms with van der Waals surface area (Å²) in [7, 11) is 2.15. The lowest BCUT2D eigenvalue weighted by atomic mass is 9.96. The highest BCUT2D eigenvalue weighted by Gasteiger charge is 2.17. The van der Waals surface area contributed by atoms with E-state index in [1.807, 2.05) is 44.2 Å². The highest BCUT2D eigenvalue weighted by atomic mass is 32.1. The van der Waals surface area contributed by atoms with E-state index >= 15 is 0 Å². The molecule has 0 amide bonds. The van der Waals surface area contributed by atoms with E-state index in [4.69, 9.17) is 5.11 Å². The van der Waals surface area contributed by atoms with E-state index < -0.39 is 0 Å². The van der Waals surface area contributed by atoms with E-state index in [0.29, 0.717) is 24.5 Å². The summed E-state index contributed by atoms with van der Waals surface area (Å²) < 4.78 is 0. The maximum absolute atomic E-state index is 11.9. The first-order chi connectivity index (χ1) is 21.1. The second kappa shape index (κ2) is 22.9. The third-order valence-corrected chi connectivity index (χ3v) is 7.72. The average molecular weight is 626 g/mol. The average Bonchev–Trinajstić information content (AvgIpc) is 3.40. The first-order valence-electron chi connectivity index (χ1n) is 16.8. The molecule has 0 atom stereocenters. The van der Waals surface area contributed by atoms with Crippen LogP contribution in [0.4, 0.5) is 0 Å². The van der Waals surface area contributed by atoms with Gasteiger partial charge in [0.1, 0.15) is 10.3 Å². The Bertz CT molecular complexity index is 1150. The van der Waals surface area contributed by atoms with Crippen molar-refractivity contribution in [3.63, 3.8) is 0 Å². The molecule has 246 valence electrons. The summed E-state index contributed by atoms with van der Waals surface area (Å²) in [5.74, 6) is 2.20. The summed E-state index contributed by atoms with van der Waals surface area (Å²) >= 11 is 1.45. The number of unbranched alkanes of at least 4 members (excludes halogenated alkanes) is 1. The zero-order valence-electron chi connectivity index (χ0n) is 28.8. The summed E-state index contributed by atoms with van der Waals surface area (Å²) in [6, 6.07) is 11.6. The second-order valence-electron chi connectivity index (χ2n) is 12.5. The lowest BCUT2D eigenvalue weighted by Gasteiger charge is -2.33. The number of carbonyl (C=O) groups excluding carboxylic acids is 2. The summed E-state index contributed by atoms with van der Waals surface area (Å²) in [6.07, 6.45) is 9.72. The fourth-order valence-electron chi connectivity index (χ4n) is 4.60. The van der Waals surface area contributed by atoms with E-state index in [1.165, 1.54) is 48.5 Å². The molecule has 2 aromatic heterocycles. The van der Waals surface area contributed by atoms with Crippen molar-refractivity contribution < 1.29 is 14.7 Å². The van der Waals surface area contributed by atoms with Gasteiger partial charge in [-0.15, -0.1) is 0 Å². The van der Waals surface area contributed by atoms with Crippen molar-refractivity contribution >= 4 is 33.3 Å². The van der Waals surface area contributed by atoms with Crippen LogP contribution in [0.2, 0.25) is 0 Å². The maximum atomic E-state index is 11.9. The van der Waals surface area contributed by atoms with Gasteiger partial charge in [0, 0.05) is 43.8 Å². The van der Waals surface area contributed by atoms with E-state index in [0.717, 1.165) is 66.3 Å². The van der Waals surface area contributed by atoms with Gasteiger partial charge in [-0.05, 0) is 75.5 Å². The molecular weight excluding hydrogens is 566 g/mol. The Hall–Kier alpha value is -2.48. The molecule has 44 heavy (non-hydrogen) atoms. The number of ketones is 2. The Morgan fingerprint density at radius 3 is 2.00 bits per heavy atom. The van der Waals surface area contributed by atoms with Crippen molar-refractivity contribution in [2.24, 2.45) is 11.8 Å². The Morgan fingerprint density at radius 2 is 1.52 bits per heavy atom. The van der Waals surface area contributed by atoms with Gasteiger partial charge in [-0.1, -0.05) is 96.6 Å². The largest absolute Gasteiger partial charge is 0.396 e. The number of carbonyl (C=O) groups is 2. The number of thiazole rings is 1. The van der Waals surface area contributed by atoms with Crippen LogP contribution in [-0.2, 0) is 12.8 Å². The predicted octanol–water partition coefficient (Wildman–Crippen LogP) is 9.23. The molecule has 0 spiro atoms. The van der Waals surface area contributed by atoms with E-state index in [9.17, 15) is 9.59 Å². The molecule has 1 fully saturated rings. The Morgan fingerprint density at radius 1 is 0.932 bits per heavy atom. The predicted molar refractivity (Wildman–Crippen MR) is 188 cm³/mol. The molecule has 3 heterocycles. The van der Waals surface area contributed by atoms with Gasteiger partial charge in [0.05, 0.1) is 0 Å². The molecule has 1 aliphatic carbocycles. The number of rotatable bonds is 8. The lowest BCUT2D eigenvalue weighted by Crippen LogP contribution is -2.41. The summed E-state index contributed by atoms with van der Waals surface area (Å²) in [5, 5.41) is 8.69. The molecule has 1 N–H and O–H groups in total. The van der Waals surface area contributed by atoms with Crippen LogP contribution in [0.15, 0.2) is 36.4 Å². The molecule has 1 saturated heterocycles. The first-order valence-corrected chi connectivity index (χ1v) is 17.6. The van der Waals surface area contributed by atoms with Crippen LogP contribution in [0.3, 0.4) is 0 Å². The summed E-state index contributed by atoms with van der Waals surface area (Å²) in [5.41, 5.74) is 4.27. The van der Waals surface area contributed by atoms with Gasteiger partial charge in [0.25, 0.3) is 0 Å². The molecule has 7 heteroatoms. The molecule has 0 bridgehead atoms. The number of benzene rings is 1. The topological polar surface area (TPSA) is 83.4 Å². The number of pyridine rings is 1. The highest BCUT2D eigenvalue weighted by Crippen LogP contribution is 2.27. The number of hydrogen-bond acceptors (Lipinski definition) is 7. The quantitative estimate of drug-likeness (QED) is 0.251. The summed E-state index contributed by atoms with van der Waals surface area (Å²) in [4.78, 5) is 35.5. The minimum atomic E-state index is 0.151. The van der Waals surface area contributed by atoms with Crippen molar-refractivity contribution in [1.82, 2.24) is 14.9 Å². The van der Waals surface area contributed by atoms with Crippen molar-refractivity contribution in [3.05, 3.63) is 58.2 Å². The van der Waals surface area contributed by atoms with Crippen molar-refractivity contribution in [2.45, 2.75) is 113 Å². The number of aliphatic hydroxyl groups is 1. The number of Topliss-reactive ketones (excluding diaryl/α,β-unsaturated/α-hetero) is 2. The van der Waals surface area contributed by atoms with Crippen LogP contribution in [0.5, 0.6) is 0 Å². The maximum Gasteiger partial charge on any atom is 0.191 e. The molecule has 0 unspecified atom stereocenters. The third-order valence-electron chi connectivity index (χ3n) is 6.71. The third kappa shape index (κ3) is 16.0. The fraction of sp³-hybridized carbons (Fsp3) is 0.622. The first kappa shape index (κ1) is 39.5. The molecule has 3 aromatic rings. The van der Waals surface area contributed by atoms with Crippen LogP contribution in [0.25, 0.3) is 10.3 Å². The minimum absolute atomic E-state index is 0.151. The number of aromatic nitrogens is 2. The number of hydrogen-bond donors (Lipinski definition) is 1. The van der Waals surface area contributed by atoms with Gasteiger partial charge in [-0.3, -0.25) is 9.59 Å². The van der Waals surface area contributed by atoms with Crippen LogP contribution in [0.1, 0.15) is 131 Å². The SMILES string of the molecule is CC(C)C.CC1CN(C)C1.CCCC(=O)c1ccccc1.CCCC(=O)c1nc2cc3c(nc2s1)CCCC3.CCCCO. The smallest absolute Gasteiger partial charge is 0.191 e. The van der Waals surface area contributed by atoms with Gasteiger partial charge in [0.15, 0.2) is 16.6 Å². The minimum Gasteiger partial charge on any atom is -0.396 e. The van der Waals surface area contributed by atoms with Crippen LogP contribution >= 0.6 is 11.3 Å². The van der Waals surface area contributed by atoms with Crippen LogP contribution in [-0.4, -0.2) is 58.3 Å². The molecule has 2 aliphatic rings. The van der Waals surface area contributed by atoms with Gasteiger partial charge in [-0.2, -0.15) is 0 Å². The van der Waals surface area contributed by atoms with Crippen molar-refractivity contribution in [3.8, 4) is 0 Å². The molecule has 0 radical (unpaired) electrons. The Labute approximate surface area is 271 Å². The molecule has 1 aromatic carbocycles. The van der Waals surface area contributed by atoms with Crippen LogP contribution < -0.4 is 0 Å². The standard InChI is InChI=1S/C14H16N2OS.C10H12O.C5H11N.C4H10O.C4H10/c1-2-5-12(17)14-16-11-8-9-6-3-4-7-10(9)15-13(11)18-14;1-2-6-10(11)9-7-4-3-5-8-9;1-5-3-6(2)4-5;1-2-3-4-5;1-4(2)3/h8H,2-7H2,1H3;3-5,7-8H,2,6H2,1H3;5H,3-4H2,1-2H3;5H,2-4H2,1H3;4H,1-3H3. The summed E-state index contributed by atoms with van der Waals surface area (Å²) in [6.45, 7) is 17.8. The van der Waals surface area contributed by atoms with Crippen LogP contribution in [0, 0.1) is 11.8 Å². The normalized spacial score (nSPS) is 13.9. The number of likely N-dealkylation sites (tertiary alicyclic amines) is 1. The van der Waals surface area contributed by atoms with E-state index in [-0.39, 0.29) is 11.6 Å². The van der Waals surface area contributed by atoms with E-state index in [2.05, 4.69) is 62.6 Å². The molecule has 5 rings (SSSR count). The molecular formula is C37H59N3O3S. The lowest BCUT2D eigenvalue weighted by molar-refractivity contribution is 0.0973. The van der Waals surface area contributed by atoms with Gasteiger partial charge >= 0.3 is 0 Å². The van der Waals surface area contributed by atoms with Gasteiger partial charge in [-0.25, -0.2) is 9.97 Å². The number of fused-ring (bicyclic) bond motifs is 2. The zero-order chi connectivity index (χ0) is 32.9. The van der Waals surface area contributed by atoms with Crippen molar-refractivity contribution in [2.75, 3.05) is 26.7 Å². The van der Waals surface area contributed by atoms with Crippen molar-refractivity contribution in [1.29, 1.82) is 0 Å².